The Labute approximate surface area is 129 Å². The monoisotopic (exact) mass is 346 g/mol. The number of nitrogens with zero attached hydrogens (tertiary/aromatic N) is 4. The quantitative estimate of drug-likeness (QED) is 0.248. The van der Waals surface area contributed by atoms with Gasteiger partial charge in [0.15, 0.2) is 0 Å². The van der Waals surface area contributed by atoms with Gasteiger partial charge in [0.2, 0.25) is 0 Å². The first kappa shape index (κ1) is 21.2. The maximum Gasteiger partial charge on any atom is 0.352 e. The standard InChI is InChI=1S/C7H14N4O10S/c1-6(8(12)13,9(14)15)3-20-5(22)21-4-7(2,10(16)17)11(18)19/h12,14,16,18H,3-4H2,1-2H3/q-4. The Morgan fingerprint density at radius 2 is 1.05 bits per heavy atom. The maximum absolute atomic E-state index is 10.8. The van der Waals surface area contributed by atoms with Crippen LogP contribution in [0.2, 0.25) is 0 Å². The fourth-order valence-corrected chi connectivity index (χ4v) is 0.918. The van der Waals surface area contributed by atoms with Crippen LogP contribution >= 0.6 is 12.2 Å². The third-order valence-electron chi connectivity index (χ3n) is 2.58. The largest absolute Gasteiger partial charge is 0.761 e. The number of hydrogen-bond acceptors (Lipinski definition) is 15. The Hall–Kier alpha value is -0.790. The molecule has 15 heteroatoms. The lowest BCUT2D eigenvalue weighted by molar-refractivity contribution is -0.275. The van der Waals surface area contributed by atoms with E-state index < -0.39 is 50.7 Å². The van der Waals surface area contributed by atoms with E-state index in [2.05, 4.69) is 21.7 Å². The van der Waals surface area contributed by atoms with Crippen molar-refractivity contribution in [2.75, 3.05) is 13.2 Å². The van der Waals surface area contributed by atoms with E-state index in [1.165, 1.54) is 0 Å². The van der Waals surface area contributed by atoms with Crippen molar-refractivity contribution in [2.45, 2.75) is 25.2 Å². The van der Waals surface area contributed by atoms with Crippen LogP contribution in [-0.4, -0.2) is 71.5 Å². The molecule has 0 aromatic heterocycles. The molecule has 0 bridgehead atoms. The molecular formula is C7H14N4O10S-4. The van der Waals surface area contributed by atoms with E-state index in [1.54, 1.807) is 0 Å². The van der Waals surface area contributed by atoms with Gasteiger partial charge in [-0.3, -0.25) is 0 Å². The number of ether oxygens (including phenoxy) is 2. The molecule has 0 saturated heterocycles. The maximum atomic E-state index is 10.8. The predicted octanol–water partition coefficient (Wildman–Crippen LogP) is -0.507. The lowest BCUT2D eigenvalue weighted by atomic mass is 10.2. The van der Waals surface area contributed by atoms with Crippen LogP contribution < -0.4 is 0 Å². The van der Waals surface area contributed by atoms with Gasteiger partial charge in [-0.15, -0.1) is 0 Å². The van der Waals surface area contributed by atoms with Crippen molar-refractivity contribution in [1.29, 1.82) is 0 Å². The first-order valence-corrected chi connectivity index (χ1v) is 5.73. The van der Waals surface area contributed by atoms with Crippen LogP contribution in [0.25, 0.3) is 0 Å². The SMILES string of the molecule is CC(COC(=S)OCC(C)(N([O-])O)N([O-])O)(N([O-])O)N([O-])O. The molecule has 0 amide bonds. The van der Waals surface area contributed by atoms with Crippen LogP contribution in [0.5, 0.6) is 0 Å². The lowest BCUT2D eigenvalue weighted by Gasteiger charge is -2.49. The zero-order valence-electron chi connectivity index (χ0n) is 11.3. The molecule has 0 heterocycles. The van der Waals surface area contributed by atoms with Gasteiger partial charge >= 0.3 is 5.24 Å². The van der Waals surface area contributed by atoms with Crippen LogP contribution in [0.4, 0.5) is 0 Å². The summed E-state index contributed by atoms with van der Waals surface area (Å²) in [6.45, 7) is -0.355. The van der Waals surface area contributed by atoms with E-state index in [0.717, 1.165) is 13.8 Å². The Balaban J connectivity index is 4.59. The summed E-state index contributed by atoms with van der Waals surface area (Å²) >= 11 is 4.48. The molecule has 0 fully saturated rings. The highest BCUT2D eigenvalue weighted by Gasteiger charge is 2.31. The molecular weight excluding hydrogens is 332 g/mol. The highest BCUT2D eigenvalue weighted by Crippen LogP contribution is 2.18. The zero-order valence-corrected chi connectivity index (χ0v) is 12.2. The topological polar surface area (TPSA) is 205 Å². The summed E-state index contributed by atoms with van der Waals surface area (Å²) in [5.74, 6) is 0. The first-order valence-electron chi connectivity index (χ1n) is 5.32. The van der Waals surface area contributed by atoms with Crippen molar-refractivity contribution in [1.82, 2.24) is 20.9 Å². The first-order chi connectivity index (χ1) is 9.87. The van der Waals surface area contributed by atoms with Crippen LogP contribution in [0.3, 0.4) is 0 Å². The Morgan fingerprint density at radius 3 is 1.23 bits per heavy atom. The summed E-state index contributed by atoms with van der Waals surface area (Å²) in [4.78, 5) is 0. The van der Waals surface area contributed by atoms with Crippen LogP contribution in [-0.2, 0) is 9.47 Å². The summed E-state index contributed by atoms with van der Waals surface area (Å²) in [5, 5.41) is 73.5. The van der Waals surface area contributed by atoms with Crippen molar-refractivity contribution in [3.63, 3.8) is 0 Å². The molecule has 4 N–H and O–H groups in total. The van der Waals surface area contributed by atoms with Crippen molar-refractivity contribution in [2.24, 2.45) is 0 Å². The van der Waals surface area contributed by atoms with Crippen LogP contribution in [0, 0.1) is 20.8 Å². The molecule has 0 aliphatic rings. The fourth-order valence-electron chi connectivity index (χ4n) is 0.800. The second-order valence-electron chi connectivity index (χ2n) is 4.35. The second kappa shape index (κ2) is 8.17. The molecule has 22 heavy (non-hydrogen) atoms. The Morgan fingerprint density at radius 1 is 0.818 bits per heavy atom. The number of hydroxylamine groups is 8. The molecule has 0 aliphatic heterocycles. The summed E-state index contributed by atoms with van der Waals surface area (Å²) in [6, 6.07) is 0. The number of thiocarbonyl (C=S) groups is 1. The average Bonchev–Trinajstić information content (AvgIpc) is 2.40. The molecule has 0 rings (SSSR count). The lowest BCUT2D eigenvalue weighted by Crippen LogP contribution is -2.56. The van der Waals surface area contributed by atoms with Gasteiger partial charge in [-0.25, -0.2) is 20.9 Å². The predicted molar refractivity (Wildman–Crippen MR) is 69.3 cm³/mol. The van der Waals surface area contributed by atoms with E-state index in [-0.39, 0.29) is 0 Å². The highest BCUT2D eigenvalue weighted by atomic mass is 32.1. The zero-order chi connectivity index (χ0) is 17.7. The molecule has 14 nitrogen and oxygen atoms in total. The second-order valence-corrected chi connectivity index (χ2v) is 4.69. The van der Waals surface area contributed by atoms with E-state index in [1.807, 2.05) is 0 Å². The van der Waals surface area contributed by atoms with Gasteiger partial charge in [0.05, 0.1) is 0 Å². The van der Waals surface area contributed by atoms with Gasteiger partial charge in [0.25, 0.3) is 0 Å². The van der Waals surface area contributed by atoms with Gasteiger partial charge in [0.1, 0.15) is 24.5 Å². The van der Waals surface area contributed by atoms with Gasteiger partial charge in [0, 0.05) is 12.2 Å². The molecule has 0 aromatic carbocycles. The van der Waals surface area contributed by atoms with Gasteiger partial charge < -0.3 is 51.1 Å². The summed E-state index contributed by atoms with van der Waals surface area (Å²) in [6.07, 6.45) is 0. The Kier molecular flexibility index (Phi) is 7.88. The minimum Gasteiger partial charge on any atom is -0.761 e. The fraction of sp³-hybridized carbons (Fsp3) is 0.857. The van der Waals surface area contributed by atoms with Crippen LogP contribution in [0.1, 0.15) is 13.8 Å². The molecule has 0 atom stereocenters. The van der Waals surface area contributed by atoms with Crippen LogP contribution in [0.15, 0.2) is 0 Å². The minimum absolute atomic E-state index is 0.792. The summed E-state index contributed by atoms with van der Waals surface area (Å²) < 4.78 is 9.17. The van der Waals surface area contributed by atoms with Crippen molar-refractivity contribution in [3.8, 4) is 0 Å². The van der Waals surface area contributed by atoms with Crippen molar-refractivity contribution < 1.29 is 30.3 Å². The van der Waals surface area contributed by atoms with E-state index >= 15 is 0 Å². The smallest absolute Gasteiger partial charge is 0.352 e. The average molecular weight is 346 g/mol. The highest BCUT2D eigenvalue weighted by molar-refractivity contribution is 7.79. The molecule has 132 valence electrons. The van der Waals surface area contributed by atoms with E-state index in [4.69, 9.17) is 20.8 Å². The molecule has 0 spiro atoms. The van der Waals surface area contributed by atoms with E-state index in [9.17, 15) is 20.8 Å². The molecule has 0 aliphatic carbocycles. The summed E-state index contributed by atoms with van der Waals surface area (Å²) in [5.41, 5.74) is -4.94. The number of hydrogen-bond donors (Lipinski definition) is 4. The van der Waals surface area contributed by atoms with E-state index in [0.29, 0.717) is 0 Å². The molecule has 0 unspecified atom stereocenters. The molecule has 0 saturated carbocycles. The third-order valence-corrected chi connectivity index (χ3v) is 2.81. The van der Waals surface area contributed by atoms with Gasteiger partial charge in [-0.1, -0.05) is 0 Å². The third kappa shape index (κ3) is 5.14. The summed E-state index contributed by atoms with van der Waals surface area (Å²) in [7, 11) is 0. The van der Waals surface area contributed by atoms with Gasteiger partial charge in [-0.05, 0) is 13.8 Å². The van der Waals surface area contributed by atoms with Crippen molar-refractivity contribution >= 4 is 17.5 Å². The Bertz CT molecular complexity index is 319. The molecule has 0 radical (unpaired) electrons. The number of rotatable bonds is 8. The van der Waals surface area contributed by atoms with Crippen molar-refractivity contribution in [3.05, 3.63) is 20.8 Å². The normalized spacial score (nSPS) is 13.4. The minimum atomic E-state index is -2.47. The molecule has 0 aromatic rings. The van der Waals surface area contributed by atoms with Gasteiger partial charge in [-0.2, -0.15) is 0 Å².